The molecule has 4 aliphatic rings. The van der Waals surface area contributed by atoms with Crippen LogP contribution in [0.2, 0.25) is 0 Å². The third kappa shape index (κ3) is 2.29. The second-order valence-electron chi connectivity index (χ2n) is 8.31. The van der Waals surface area contributed by atoms with Gasteiger partial charge in [-0.15, -0.1) is 0 Å². The number of hydrogen-bond donors (Lipinski definition) is 0. The quantitative estimate of drug-likeness (QED) is 0.845. The molecule has 6 heteroatoms. The lowest BCUT2D eigenvalue weighted by molar-refractivity contribution is -0.132. The maximum Gasteiger partial charge on any atom is 0.256 e. The van der Waals surface area contributed by atoms with Crippen molar-refractivity contribution in [3.63, 3.8) is 0 Å². The molecule has 0 aromatic carbocycles. The minimum Gasteiger partial charge on any atom is -0.340 e. The molecular weight excluding hydrogens is 314 g/mol. The van der Waals surface area contributed by atoms with Gasteiger partial charge in [-0.1, -0.05) is 0 Å². The van der Waals surface area contributed by atoms with Gasteiger partial charge in [0.2, 0.25) is 5.95 Å². The Kier molecular flexibility index (Phi) is 3.21. The molecule has 2 aliphatic carbocycles. The summed E-state index contributed by atoms with van der Waals surface area (Å²) in [5.41, 5.74) is 0.560. The van der Waals surface area contributed by atoms with Gasteiger partial charge in [0.1, 0.15) is 11.4 Å². The van der Waals surface area contributed by atoms with E-state index in [1.807, 2.05) is 31.1 Å². The highest BCUT2D eigenvalue weighted by atomic mass is 16.2. The normalized spacial score (nSPS) is 34.2. The summed E-state index contributed by atoms with van der Waals surface area (Å²) in [7, 11) is 0. The van der Waals surface area contributed by atoms with Gasteiger partial charge in [-0.25, -0.2) is 9.97 Å². The first-order valence-electron chi connectivity index (χ1n) is 9.49. The number of aromatic nitrogens is 2. The molecule has 0 N–H and O–H groups in total. The number of amides is 1. The molecule has 1 amide bonds. The molecule has 0 unspecified atom stereocenters. The lowest BCUT2D eigenvalue weighted by atomic mass is 9.85. The summed E-state index contributed by atoms with van der Waals surface area (Å²) in [5.74, 6) is 3.49. The van der Waals surface area contributed by atoms with Crippen molar-refractivity contribution >= 4 is 17.7 Å². The summed E-state index contributed by atoms with van der Waals surface area (Å²) in [6.07, 6.45) is 8.23. The molecule has 1 aromatic rings. The first-order valence-corrected chi connectivity index (χ1v) is 9.49. The molecule has 3 heterocycles. The largest absolute Gasteiger partial charge is 0.340 e. The van der Waals surface area contributed by atoms with E-state index < -0.39 is 5.54 Å². The summed E-state index contributed by atoms with van der Waals surface area (Å²) in [6, 6.07) is 0. The van der Waals surface area contributed by atoms with Crippen LogP contribution in [0.5, 0.6) is 0 Å². The van der Waals surface area contributed by atoms with E-state index in [1.54, 1.807) is 0 Å². The average Bonchev–Trinajstić information content (AvgIpc) is 3.14. The lowest BCUT2D eigenvalue weighted by Crippen LogP contribution is -2.47. The van der Waals surface area contributed by atoms with Gasteiger partial charge in [-0.2, -0.15) is 0 Å². The van der Waals surface area contributed by atoms with Crippen LogP contribution >= 0.6 is 0 Å². The van der Waals surface area contributed by atoms with Gasteiger partial charge in [-0.3, -0.25) is 14.7 Å². The van der Waals surface area contributed by atoms with Crippen molar-refractivity contribution in [2.75, 3.05) is 24.5 Å². The zero-order valence-electron chi connectivity index (χ0n) is 15.0. The molecule has 1 spiro atoms. The Morgan fingerprint density at radius 1 is 1.16 bits per heavy atom. The fourth-order valence-corrected chi connectivity index (χ4v) is 4.96. The molecule has 1 saturated heterocycles. The Morgan fingerprint density at radius 2 is 1.92 bits per heavy atom. The van der Waals surface area contributed by atoms with E-state index in [-0.39, 0.29) is 5.91 Å². The van der Waals surface area contributed by atoms with E-state index in [4.69, 9.17) is 4.99 Å². The highest BCUT2D eigenvalue weighted by molar-refractivity contribution is 6.07. The molecule has 5 rings (SSSR count). The molecule has 3 atom stereocenters. The van der Waals surface area contributed by atoms with Crippen molar-refractivity contribution in [1.82, 2.24) is 14.9 Å². The zero-order valence-corrected chi connectivity index (χ0v) is 15.0. The number of hydrogen-bond acceptors (Lipinski definition) is 5. The van der Waals surface area contributed by atoms with Gasteiger partial charge in [0.15, 0.2) is 0 Å². The van der Waals surface area contributed by atoms with E-state index >= 15 is 0 Å². The maximum absolute atomic E-state index is 13.3. The first-order chi connectivity index (χ1) is 12.1. The molecule has 2 aliphatic heterocycles. The number of aryl methyl sites for hydroxylation is 1. The molecule has 6 nitrogen and oxygen atoms in total. The lowest BCUT2D eigenvalue weighted by Gasteiger charge is -2.28. The summed E-state index contributed by atoms with van der Waals surface area (Å²) >= 11 is 0. The Balaban J connectivity index is 1.39. The molecule has 2 saturated carbocycles. The number of amidine groups is 1. The minimum absolute atomic E-state index is 0.260. The standard InChI is InChI=1S/C19H25N5O/c1-12-7-20-18(21-8-12)23-10-15-5-6-19(16(15)11-23)17(25)24(13(2)22-19)9-14-3-4-14/h7-8,14-16H,3-6,9-11H2,1-2H3/t15-,16+,19-/m0/s1. The number of nitrogens with zero attached hydrogens (tertiary/aromatic N) is 5. The Labute approximate surface area is 148 Å². The van der Waals surface area contributed by atoms with Crippen LogP contribution in [-0.2, 0) is 4.79 Å². The Morgan fingerprint density at radius 3 is 2.64 bits per heavy atom. The summed E-state index contributed by atoms with van der Waals surface area (Å²) in [5, 5.41) is 0. The van der Waals surface area contributed by atoms with Gasteiger partial charge in [0.05, 0.1) is 0 Å². The Hall–Kier alpha value is -1.98. The molecule has 3 fully saturated rings. The second-order valence-corrected chi connectivity index (χ2v) is 8.31. The van der Waals surface area contributed by atoms with Gasteiger partial charge in [-0.05, 0) is 56.9 Å². The fourth-order valence-electron chi connectivity index (χ4n) is 4.96. The van der Waals surface area contributed by atoms with E-state index in [2.05, 4.69) is 14.9 Å². The predicted octanol–water partition coefficient (Wildman–Crippen LogP) is 2.04. The van der Waals surface area contributed by atoms with Crippen molar-refractivity contribution < 1.29 is 4.79 Å². The molecule has 25 heavy (non-hydrogen) atoms. The maximum atomic E-state index is 13.3. The van der Waals surface area contributed by atoms with Crippen molar-refractivity contribution in [3.8, 4) is 0 Å². The first kappa shape index (κ1) is 15.3. The highest BCUT2D eigenvalue weighted by Crippen LogP contribution is 2.51. The molecule has 0 bridgehead atoms. The fraction of sp³-hybridized carbons (Fsp3) is 0.684. The highest BCUT2D eigenvalue weighted by Gasteiger charge is 2.61. The smallest absolute Gasteiger partial charge is 0.256 e. The number of carbonyl (C=O) groups is 1. The van der Waals surface area contributed by atoms with Crippen LogP contribution in [0.25, 0.3) is 0 Å². The van der Waals surface area contributed by atoms with Crippen LogP contribution in [0, 0.1) is 24.7 Å². The van der Waals surface area contributed by atoms with Gasteiger partial charge in [0, 0.05) is 37.9 Å². The molecular formula is C19H25N5O. The van der Waals surface area contributed by atoms with Crippen molar-refractivity contribution in [2.24, 2.45) is 22.7 Å². The average molecular weight is 339 g/mol. The number of rotatable bonds is 3. The van der Waals surface area contributed by atoms with E-state index in [1.165, 1.54) is 12.8 Å². The van der Waals surface area contributed by atoms with E-state index in [0.717, 1.165) is 49.8 Å². The van der Waals surface area contributed by atoms with E-state index in [0.29, 0.717) is 17.8 Å². The van der Waals surface area contributed by atoms with Crippen molar-refractivity contribution in [3.05, 3.63) is 18.0 Å². The zero-order chi connectivity index (χ0) is 17.2. The number of fused-ring (bicyclic) bond motifs is 2. The van der Waals surface area contributed by atoms with Crippen LogP contribution in [0.4, 0.5) is 5.95 Å². The SMILES string of the molecule is CC1=N[C@]2(CC[C@H]3CN(c4ncc(C)cn4)C[C@H]32)C(=O)N1CC1CC1. The van der Waals surface area contributed by atoms with Crippen LogP contribution in [0.15, 0.2) is 17.4 Å². The number of aliphatic imine (C=N–C) groups is 1. The number of carbonyl (C=O) groups excluding carboxylic acids is 1. The van der Waals surface area contributed by atoms with Gasteiger partial charge < -0.3 is 4.90 Å². The van der Waals surface area contributed by atoms with Crippen molar-refractivity contribution in [1.29, 1.82) is 0 Å². The van der Waals surface area contributed by atoms with Gasteiger partial charge in [0.25, 0.3) is 5.91 Å². The van der Waals surface area contributed by atoms with Crippen LogP contribution in [0.1, 0.15) is 38.2 Å². The molecule has 132 valence electrons. The topological polar surface area (TPSA) is 61.7 Å². The van der Waals surface area contributed by atoms with Gasteiger partial charge >= 0.3 is 0 Å². The minimum atomic E-state index is -0.511. The summed E-state index contributed by atoms with van der Waals surface area (Å²) < 4.78 is 0. The van der Waals surface area contributed by atoms with Crippen LogP contribution < -0.4 is 4.90 Å². The molecule has 1 aromatic heterocycles. The summed E-state index contributed by atoms with van der Waals surface area (Å²) in [6.45, 7) is 6.67. The Bertz CT molecular complexity index is 741. The third-order valence-electron chi connectivity index (χ3n) is 6.51. The van der Waals surface area contributed by atoms with Crippen LogP contribution in [0.3, 0.4) is 0 Å². The van der Waals surface area contributed by atoms with Crippen molar-refractivity contribution in [2.45, 2.75) is 45.1 Å². The monoisotopic (exact) mass is 339 g/mol. The number of anilines is 1. The second kappa shape index (κ2) is 5.26. The third-order valence-corrected chi connectivity index (χ3v) is 6.51. The van der Waals surface area contributed by atoms with Crippen LogP contribution in [-0.4, -0.2) is 51.8 Å². The molecule has 0 radical (unpaired) electrons. The predicted molar refractivity (Wildman–Crippen MR) is 95.5 cm³/mol. The van der Waals surface area contributed by atoms with E-state index in [9.17, 15) is 4.79 Å². The summed E-state index contributed by atoms with van der Waals surface area (Å²) in [4.78, 5) is 31.5.